The molecule has 1 N–H and O–H groups in total. The number of hydrogen-bond acceptors (Lipinski definition) is 4. The van der Waals surface area contributed by atoms with E-state index in [-0.39, 0.29) is 0 Å². The van der Waals surface area contributed by atoms with Crippen LogP contribution in [0.15, 0.2) is 18.2 Å². The van der Waals surface area contributed by atoms with E-state index in [1.54, 1.807) is 14.0 Å². The lowest BCUT2D eigenvalue weighted by Crippen LogP contribution is -2.31. The van der Waals surface area contributed by atoms with Gasteiger partial charge >= 0.3 is 0 Å². The van der Waals surface area contributed by atoms with Gasteiger partial charge in [0.2, 0.25) is 0 Å². The fourth-order valence-electron chi connectivity index (χ4n) is 2.03. The van der Waals surface area contributed by atoms with Crippen molar-refractivity contribution in [3.05, 3.63) is 23.8 Å². The summed E-state index contributed by atoms with van der Waals surface area (Å²) in [5.74, 6) is 1.79. The molecule has 1 aromatic rings. The van der Waals surface area contributed by atoms with Crippen LogP contribution in [0, 0.1) is 0 Å². The summed E-state index contributed by atoms with van der Waals surface area (Å²) in [5, 5.41) is 9.97. The maximum atomic E-state index is 9.97. The quantitative estimate of drug-likeness (QED) is 0.860. The number of nitrogens with zero attached hydrogens (tertiary/aromatic N) is 1. The van der Waals surface area contributed by atoms with Gasteiger partial charge in [-0.3, -0.25) is 0 Å². The average molecular weight is 269 g/mol. The molecule has 2 atom stereocenters. The van der Waals surface area contributed by atoms with Crippen molar-refractivity contribution in [2.75, 3.05) is 31.1 Å². The molecule has 4 heteroatoms. The number of hydrogen-bond donors (Lipinski definition) is 1. The summed E-state index contributed by atoms with van der Waals surface area (Å²) >= 11 is 1.82. The van der Waals surface area contributed by atoms with Crippen LogP contribution in [0.3, 0.4) is 0 Å². The van der Waals surface area contributed by atoms with Gasteiger partial charge < -0.3 is 14.7 Å². The van der Waals surface area contributed by atoms with Gasteiger partial charge in [0, 0.05) is 30.1 Å². The van der Waals surface area contributed by atoms with Gasteiger partial charge in [-0.25, -0.2) is 0 Å². The molecular weight excluding hydrogens is 246 g/mol. The van der Waals surface area contributed by atoms with Gasteiger partial charge in [-0.1, -0.05) is 6.07 Å². The molecule has 102 valence electrons. The zero-order valence-electron chi connectivity index (χ0n) is 11.8. The first-order chi connectivity index (χ1) is 8.52. The molecule has 0 aromatic heterocycles. The number of thioether (sulfide) groups is 1. The summed E-state index contributed by atoms with van der Waals surface area (Å²) in [5.41, 5.74) is 1.89. The van der Waals surface area contributed by atoms with Crippen LogP contribution in [-0.2, 0) is 0 Å². The molecule has 0 aliphatic heterocycles. The third-order valence-electron chi connectivity index (χ3n) is 3.13. The third-order valence-corrected chi connectivity index (χ3v) is 3.95. The van der Waals surface area contributed by atoms with E-state index in [9.17, 15) is 5.11 Å². The van der Waals surface area contributed by atoms with Crippen LogP contribution in [0.2, 0.25) is 0 Å². The number of aliphatic hydroxyl groups is 1. The standard InChI is InChI=1S/C14H23NO2S/c1-10(9-18-5)15(3)12-7-6-8-13(17-4)14(12)11(2)16/h6-8,10-11,16H,9H2,1-5H3/t10?,11-/m0/s1. The van der Waals surface area contributed by atoms with Crippen LogP contribution in [-0.4, -0.2) is 37.3 Å². The molecule has 0 amide bonds. The van der Waals surface area contributed by atoms with E-state index < -0.39 is 6.10 Å². The lowest BCUT2D eigenvalue weighted by Gasteiger charge is -2.30. The van der Waals surface area contributed by atoms with Crippen molar-refractivity contribution in [3.8, 4) is 5.75 Å². The molecule has 3 nitrogen and oxygen atoms in total. The normalized spacial score (nSPS) is 14.1. The number of methoxy groups -OCH3 is 1. The summed E-state index contributed by atoms with van der Waals surface area (Å²) in [4.78, 5) is 2.20. The highest BCUT2D eigenvalue weighted by atomic mass is 32.2. The number of ether oxygens (including phenoxy) is 1. The lowest BCUT2D eigenvalue weighted by atomic mass is 10.1. The molecule has 0 aliphatic rings. The molecule has 0 fully saturated rings. The van der Waals surface area contributed by atoms with E-state index in [4.69, 9.17) is 4.74 Å². The zero-order valence-corrected chi connectivity index (χ0v) is 12.6. The lowest BCUT2D eigenvalue weighted by molar-refractivity contribution is 0.194. The Hall–Kier alpha value is -0.870. The molecule has 0 radical (unpaired) electrons. The number of anilines is 1. The summed E-state index contributed by atoms with van der Waals surface area (Å²) in [6.07, 6.45) is 1.56. The molecule has 0 saturated carbocycles. The van der Waals surface area contributed by atoms with E-state index in [0.717, 1.165) is 22.8 Å². The predicted octanol–water partition coefficient (Wildman–Crippen LogP) is 2.94. The second-order valence-electron chi connectivity index (χ2n) is 4.48. The third kappa shape index (κ3) is 3.33. The summed E-state index contributed by atoms with van der Waals surface area (Å²) < 4.78 is 5.35. The van der Waals surface area contributed by atoms with Gasteiger partial charge in [0.1, 0.15) is 5.75 Å². The Morgan fingerprint density at radius 3 is 2.56 bits per heavy atom. The minimum Gasteiger partial charge on any atom is -0.496 e. The summed E-state index contributed by atoms with van der Waals surface area (Å²) in [7, 11) is 3.69. The van der Waals surface area contributed by atoms with Crippen molar-refractivity contribution in [2.24, 2.45) is 0 Å². The first-order valence-electron chi connectivity index (χ1n) is 6.09. The van der Waals surface area contributed by atoms with Crippen LogP contribution in [0.5, 0.6) is 5.75 Å². The molecule has 0 heterocycles. The molecular formula is C14H23NO2S. The Bertz CT molecular complexity index is 382. The van der Waals surface area contributed by atoms with E-state index in [0.29, 0.717) is 6.04 Å². The Labute approximate surface area is 114 Å². The van der Waals surface area contributed by atoms with E-state index in [1.807, 2.05) is 30.0 Å². The van der Waals surface area contributed by atoms with Crippen molar-refractivity contribution in [1.82, 2.24) is 0 Å². The number of benzene rings is 1. The Balaban J connectivity index is 3.14. The molecule has 18 heavy (non-hydrogen) atoms. The Morgan fingerprint density at radius 1 is 1.39 bits per heavy atom. The van der Waals surface area contributed by atoms with Crippen molar-refractivity contribution < 1.29 is 9.84 Å². The van der Waals surface area contributed by atoms with Gasteiger partial charge in [-0.15, -0.1) is 0 Å². The molecule has 0 aliphatic carbocycles. The van der Waals surface area contributed by atoms with E-state index >= 15 is 0 Å². The molecule has 0 saturated heterocycles. The average Bonchev–Trinajstić information content (AvgIpc) is 2.36. The van der Waals surface area contributed by atoms with E-state index in [1.165, 1.54) is 0 Å². The number of rotatable bonds is 6. The Morgan fingerprint density at radius 2 is 2.06 bits per heavy atom. The van der Waals surface area contributed by atoms with Crippen LogP contribution in [0.4, 0.5) is 5.69 Å². The first kappa shape index (κ1) is 15.2. The highest BCUT2D eigenvalue weighted by Crippen LogP contribution is 2.34. The Kier molecular flexibility index (Phi) is 5.82. The van der Waals surface area contributed by atoms with Crippen LogP contribution >= 0.6 is 11.8 Å². The smallest absolute Gasteiger partial charge is 0.126 e. The van der Waals surface area contributed by atoms with Crippen LogP contribution in [0.25, 0.3) is 0 Å². The molecule has 1 aromatic carbocycles. The van der Waals surface area contributed by atoms with Gasteiger partial charge in [0.05, 0.1) is 13.2 Å². The van der Waals surface area contributed by atoms with Gasteiger partial charge in [0.25, 0.3) is 0 Å². The maximum Gasteiger partial charge on any atom is 0.126 e. The fraction of sp³-hybridized carbons (Fsp3) is 0.571. The highest BCUT2D eigenvalue weighted by Gasteiger charge is 2.19. The zero-order chi connectivity index (χ0) is 13.7. The first-order valence-corrected chi connectivity index (χ1v) is 7.49. The van der Waals surface area contributed by atoms with Gasteiger partial charge in [-0.05, 0) is 32.2 Å². The van der Waals surface area contributed by atoms with Crippen LogP contribution < -0.4 is 9.64 Å². The minimum absolute atomic E-state index is 0.407. The molecule has 0 spiro atoms. The summed E-state index contributed by atoms with van der Waals surface area (Å²) in [6.45, 7) is 3.95. The molecule has 1 unspecified atom stereocenters. The molecule has 1 rings (SSSR count). The SMILES string of the molecule is COc1cccc(N(C)C(C)CSC)c1[C@H](C)O. The van der Waals surface area contributed by atoms with Crippen LogP contribution in [0.1, 0.15) is 25.5 Å². The fourth-order valence-corrected chi connectivity index (χ4v) is 2.73. The highest BCUT2D eigenvalue weighted by molar-refractivity contribution is 7.98. The van der Waals surface area contributed by atoms with E-state index in [2.05, 4.69) is 25.1 Å². The maximum absolute atomic E-state index is 9.97. The predicted molar refractivity (Wildman–Crippen MR) is 79.9 cm³/mol. The second kappa shape index (κ2) is 6.90. The second-order valence-corrected chi connectivity index (χ2v) is 5.39. The van der Waals surface area contributed by atoms with Gasteiger partial charge in [-0.2, -0.15) is 11.8 Å². The van der Waals surface area contributed by atoms with Crippen molar-refractivity contribution >= 4 is 17.4 Å². The van der Waals surface area contributed by atoms with Crippen molar-refractivity contribution in [3.63, 3.8) is 0 Å². The summed E-state index contributed by atoms with van der Waals surface area (Å²) in [6, 6.07) is 6.28. The minimum atomic E-state index is -0.542. The van der Waals surface area contributed by atoms with Crippen molar-refractivity contribution in [1.29, 1.82) is 0 Å². The van der Waals surface area contributed by atoms with Gasteiger partial charge in [0.15, 0.2) is 0 Å². The topological polar surface area (TPSA) is 32.7 Å². The largest absolute Gasteiger partial charge is 0.496 e. The number of aliphatic hydroxyl groups excluding tert-OH is 1. The monoisotopic (exact) mass is 269 g/mol. The van der Waals surface area contributed by atoms with Crippen molar-refractivity contribution in [2.45, 2.75) is 26.0 Å². The molecule has 0 bridgehead atoms.